The van der Waals surface area contributed by atoms with Crippen molar-refractivity contribution in [2.75, 3.05) is 0 Å². The van der Waals surface area contributed by atoms with Crippen molar-refractivity contribution in [1.82, 2.24) is 0 Å². The van der Waals surface area contributed by atoms with Gasteiger partial charge in [0.05, 0.1) is 12.2 Å². The van der Waals surface area contributed by atoms with E-state index in [9.17, 15) is 14.4 Å². The third-order valence-corrected chi connectivity index (χ3v) is 6.14. The highest BCUT2D eigenvalue weighted by atomic mass is 19.1. The molecule has 0 unspecified atom stereocenters. The first-order valence-corrected chi connectivity index (χ1v) is 10.9. The van der Waals surface area contributed by atoms with Crippen molar-refractivity contribution in [3.8, 4) is 11.8 Å². The summed E-state index contributed by atoms with van der Waals surface area (Å²) in [5.41, 5.74) is 8.36. The number of ether oxygens (including phenoxy) is 2. The topological polar surface area (TPSA) is 98.5 Å². The molecule has 0 bridgehead atoms. The van der Waals surface area contributed by atoms with E-state index in [0.717, 1.165) is 16.9 Å². The molecular formula is C27H21FN2O4. The Labute approximate surface area is 195 Å². The predicted octanol–water partition coefficient (Wildman–Crippen LogP) is 5.21. The Morgan fingerprint density at radius 1 is 1.09 bits per heavy atom. The highest BCUT2D eigenvalue weighted by Gasteiger charge is 2.41. The molecule has 1 aliphatic carbocycles. The number of Topliss-reactive ketones (excluding diaryl/α,β-unsaturated/α-hetero) is 1. The summed E-state index contributed by atoms with van der Waals surface area (Å²) >= 11 is 0. The van der Waals surface area contributed by atoms with Crippen LogP contribution in [0.15, 0.2) is 94.1 Å². The van der Waals surface area contributed by atoms with Crippen molar-refractivity contribution in [2.24, 2.45) is 5.73 Å². The number of ketones is 1. The Bertz CT molecular complexity index is 1320. The fourth-order valence-corrected chi connectivity index (χ4v) is 4.47. The van der Waals surface area contributed by atoms with Gasteiger partial charge in [-0.2, -0.15) is 5.26 Å². The molecule has 1 aromatic heterocycles. The molecule has 3 aromatic rings. The van der Waals surface area contributed by atoms with Gasteiger partial charge in [-0.3, -0.25) is 4.79 Å². The number of allylic oxidation sites excluding steroid dienone is 3. The van der Waals surface area contributed by atoms with Crippen LogP contribution in [0.3, 0.4) is 0 Å². The number of furan rings is 1. The molecule has 7 heteroatoms. The highest BCUT2D eigenvalue weighted by molar-refractivity contribution is 6.00. The normalized spacial score (nSPS) is 19.9. The van der Waals surface area contributed by atoms with Gasteiger partial charge in [-0.05, 0) is 47.5 Å². The first-order valence-electron chi connectivity index (χ1n) is 10.9. The molecule has 0 saturated heterocycles. The smallest absolute Gasteiger partial charge is 0.205 e. The summed E-state index contributed by atoms with van der Waals surface area (Å²) in [5, 5.41) is 9.79. The van der Waals surface area contributed by atoms with Crippen LogP contribution in [0.4, 0.5) is 4.39 Å². The van der Waals surface area contributed by atoms with E-state index in [1.165, 1.54) is 12.1 Å². The van der Waals surface area contributed by atoms with E-state index < -0.39 is 5.92 Å². The molecule has 6 nitrogen and oxygen atoms in total. The molecule has 2 aliphatic rings. The SMILES string of the molecule is N#CC1=C(N)OC2=C(C(=O)C[C@H](c3ccco3)C2)[C@H]1c1ccc(OCc2ccc(F)cc2)cc1. The number of hydrogen-bond donors (Lipinski definition) is 1. The Kier molecular flexibility index (Phi) is 5.64. The van der Waals surface area contributed by atoms with Crippen LogP contribution < -0.4 is 10.5 Å². The Morgan fingerprint density at radius 3 is 2.53 bits per heavy atom. The monoisotopic (exact) mass is 456 g/mol. The van der Waals surface area contributed by atoms with E-state index in [2.05, 4.69) is 6.07 Å². The van der Waals surface area contributed by atoms with E-state index in [1.54, 1.807) is 36.6 Å². The lowest BCUT2D eigenvalue weighted by atomic mass is 9.74. The molecule has 2 atom stereocenters. The third-order valence-electron chi connectivity index (χ3n) is 6.14. The lowest BCUT2D eigenvalue weighted by Gasteiger charge is -2.33. The van der Waals surface area contributed by atoms with E-state index in [4.69, 9.17) is 19.6 Å². The Balaban J connectivity index is 1.41. The number of nitrogens with zero attached hydrogens (tertiary/aromatic N) is 1. The standard InChI is InChI=1S/C27H21FN2O4/c28-19-7-3-16(4-8-19)15-33-20-9-5-17(6-10-20)25-21(14-29)27(30)34-24-13-18(12-22(31)26(24)25)23-2-1-11-32-23/h1-11,18,25H,12-13,15,30H2/t18-,25-/m0/s1. The summed E-state index contributed by atoms with van der Waals surface area (Å²) in [7, 11) is 0. The summed E-state index contributed by atoms with van der Waals surface area (Å²) in [4.78, 5) is 13.2. The molecule has 0 saturated carbocycles. The number of halogens is 1. The van der Waals surface area contributed by atoms with Gasteiger partial charge < -0.3 is 19.6 Å². The molecule has 0 fully saturated rings. The van der Waals surface area contributed by atoms with Crippen LogP contribution in [0, 0.1) is 17.1 Å². The maximum absolute atomic E-state index is 13.2. The van der Waals surface area contributed by atoms with Crippen LogP contribution in [-0.4, -0.2) is 5.78 Å². The van der Waals surface area contributed by atoms with Gasteiger partial charge in [0.2, 0.25) is 5.88 Å². The molecule has 1 aliphatic heterocycles. The van der Waals surface area contributed by atoms with E-state index in [1.807, 2.05) is 18.2 Å². The predicted molar refractivity (Wildman–Crippen MR) is 121 cm³/mol. The molecule has 0 spiro atoms. The minimum atomic E-state index is -0.607. The third kappa shape index (κ3) is 4.06. The summed E-state index contributed by atoms with van der Waals surface area (Å²) in [6, 6.07) is 19.0. The molecule has 5 rings (SSSR count). The molecule has 0 radical (unpaired) electrons. The maximum atomic E-state index is 13.2. The number of benzene rings is 2. The van der Waals surface area contributed by atoms with Crippen LogP contribution in [-0.2, 0) is 16.1 Å². The lowest BCUT2D eigenvalue weighted by molar-refractivity contribution is -0.117. The number of carbonyl (C=O) groups excluding carboxylic acids is 1. The van der Waals surface area contributed by atoms with Crippen molar-refractivity contribution in [1.29, 1.82) is 5.26 Å². The van der Waals surface area contributed by atoms with Gasteiger partial charge in [0.1, 0.15) is 41.3 Å². The second-order valence-corrected chi connectivity index (χ2v) is 8.29. The molecule has 2 aromatic carbocycles. The zero-order chi connectivity index (χ0) is 23.7. The zero-order valence-electron chi connectivity index (χ0n) is 18.2. The highest BCUT2D eigenvalue weighted by Crippen LogP contribution is 2.46. The fraction of sp³-hybridized carbons (Fsp3) is 0.185. The average molecular weight is 456 g/mol. The number of carbonyl (C=O) groups is 1. The van der Waals surface area contributed by atoms with Crippen LogP contribution in [0.1, 0.15) is 41.6 Å². The lowest BCUT2D eigenvalue weighted by Crippen LogP contribution is -2.29. The minimum Gasteiger partial charge on any atom is -0.489 e. The average Bonchev–Trinajstić information content (AvgIpc) is 3.38. The second kappa shape index (κ2) is 8.91. The van der Waals surface area contributed by atoms with Crippen molar-refractivity contribution >= 4 is 5.78 Å². The van der Waals surface area contributed by atoms with Gasteiger partial charge in [0.25, 0.3) is 0 Å². The Morgan fingerprint density at radius 2 is 1.85 bits per heavy atom. The first kappa shape index (κ1) is 21.5. The largest absolute Gasteiger partial charge is 0.489 e. The number of nitriles is 1. The molecule has 34 heavy (non-hydrogen) atoms. The van der Waals surface area contributed by atoms with Crippen molar-refractivity contribution < 1.29 is 23.1 Å². The molecule has 2 N–H and O–H groups in total. The molecule has 170 valence electrons. The van der Waals surface area contributed by atoms with Crippen molar-refractivity contribution in [3.63, 3.8) is 0 Å². The van der Waals surface area contributed by atoms with Gasteiger partial charge in [-0.15, -0.1) is 0 Å². The van der Waals surface area contributed by atoms with Gasteiger partial charge in [0.15, 0.2) is 5.78 Å². The van der Waals surface area contributed by atoms with Crippen LogP contribution in [0.25, 0.3) is 0 Å². The number of hydrogen-bond acceptors (Lipinski definition) is 6. The molecule has 2 heterocycles. The maximum Gasteiger partial charge on any atom is 0.205 e. The summed E-state index contributed by atoms with van der Waals surface area (Å²) in [5.74, 6) is 0.683. The number of rotatable bonds is 5. The molecule has 0 amide bonds. The van der Waals surface area contributed by atoms with E-state index in [0.29, 0.717) is 23.5 Å². The van der Waals surface area contributed by atoms with Gasteiger partial charge in [-0.1, -0.05) is 24.3 Å². The number of nitrogens with two attached hydrogens (primary N) is 1. The van der Waals surface area contributed by atoms with Crippen LogP contribution in [0.5, 0.6) is 5.75 Å². The quantitative estimate of drug-likeness (QED) is 0.566. The van der Waals surface area contributed by atoms with Gasteiger partial charge in [0, 0.05) is 24.3 Å². The van der Waals surface area contributed by atoms with E-state index in [-0.39, 0.29) is 42.0 Å². The van der Waals surface area contributed by atoms with Crippen LogP contribution >= 0.6 is 0 Å². The zero-order valence-corrected chi connectivity index (χ0v) is 18.2. The van der Waals surface area contributed by atoms with Crippen molar-refractivity contribution in [2.45, 2.75) is 31.3 Å². The Hall–Kier alpha value is -4.31. The minimum absolute atomic E-state index is 0.00998. The van der Waals surface area contributed by atoms with Crippen LogP contribution in [0.2, 0.25) is 0 Å². The van der Waals surface area contributed by atoms with Gasteiger partial charge >= 0.3 is 0 Å². The summed E-state index contributed by atoms with van der Waals surface area (Å²) in [6.07, 6.45) is 2.31. The first-order chi connectivity index (χ1) is 16.5. The summed E-state index contributed by atoms with van der Waals surface area (Å²) in [6.45, 7) is 0.287. The molecular weight excluding hydrogens is 435 g/mol. The van der Waals surface area contributed by atoms with Gasteiger partial charge in [-0.25, -0.2) is 4.39 Å². The van der Waals surface area contributed by atoms with Crippen molar-refractivity contribution in [3.05, 3.63) is 112 Å². The second-order valence-electron chi connectivity index (χ2n) is 8.29. The summed E-state index contributed by atoms with van der Waals surface area (Å²) < 4.78 is 30.1. The van der Waals surface area contributed by atoms with E-state index >= 15 is 0 Å². The fourth-order valence-electron chi connectivity index (χ4n) is 4.47.